The summed E-state index contributed by atoms with van der Waals surface area (Å²) in [7, 11) is -3.88. The zero-order valence-electron chi connectivity index (χ0n) is 14.4. The summed E-state index contributed by atoms with van der Waals surface area (Å²) in [5.74, 6) is -0.612. The van der Waals surface area contributed by atoms with Crippen LogP contribution in [0.25, 0.3) is 0 Å². The van der Waals surface area contributed by atoms with Crippen LogP contribution in [0.2, 0.25) is 0 Å². The third-order valence-corrected chi connectivity index (χ3v) is 6.14. The molecule has 1 aromatic heterocycles. The zero-order valence-corrected chi connectivity index (χ0v) is 15.2. The number of aromatic amines is 1. The zero-order chi connectivity index (χ0) is 18.7. The van der Waals surface area contributed by atoms with Crippen molar-refractivity contribution >= 4 is 15.9 Å². The number of likely N-dealkylation sites (tertiary alicyclic amines) is 1. The number of rotatable bonds is 5. The summed E-state index contributed by atoms with van der Waals surface area (Å²) < 4.78 is 40.3. The number of hydrogen-bond donors (Lipinski definition) is 2. The standard InChI is InChI=1S/C17H21FN4O3S/c1-12-9-14(18)4-5-16(12)26(24,25)20-10-17(23)22-8-2-3-13(11-22)15-6-7-19-21-15/h4-7,9,13,20H,2-3,8,10-11H2,1H3,(H,19,21)/t13-/m0/s1. The molecule has 0 aliphatic carbocycles. The van der Waals surface area contributed by atoms with E-state index < -0.39 is 15.8 Å². The van der Waals surface area contributed by atoms with Gasteiger partial charge in [-0.3, -0.25) is 9.89 Å². The predicted octanol–water partition coefficient (Wildman–Crippen LogP) is 1.54. The van der Waals surface area contributed by atoms with Crippen molar-refractivity contribution in [1.29, 1.82) is 0 Å². The third kappa shape index (κ3) is 4.10. The highest BCUT2D eigenvalue weighted by atomic mass is 32.2. The van der Waals surface area contributed by atoms with Crippen molar-refractivity contribution in [2.24, 2.45) is 0 Å². The highest BCUT2D eigenvalue weighted by Gasteiger charge is 2.26. The number of sulfonamides is 1. The second-order valence-corrected chi connectivity index (χ2v) is 8.16. The maximum absolute atomic E-state index is 13.2. The van der Waals surface area contributed by atoms with Crippen molar-refractivity contribution in [3.8, 4) is 0 Å². The van der Waals surface area contributed by atoms with Crippen LogP contribution in [-0.2, 0) is 14.8 Å². The summed E-state index contributed by atoms with van der Waals surface area (Å²) in [6.07, 6.45) is 3.47. The highest BCUT2D eigenvalue weighted by molar-refractivity contribution is 7.89. The number of benzene rings is 1. The van der Waals surface area contributed by atoms with Crippen LogP contribution < -0.4 is 4.72 Å². The molecule has 0 radical (unpaired) electrons. The molecule has 1 saturated heterocycles. The van der Waals surface area contributed by atoms with Crippen molar-refractivity contribution < 1.29 is 17.6 Å². The van der Waals surface area contributed by atoms with Gasteiger partial charge in [-0.1, -0.05) is 0 Å². The van der Waals surface area contributed by atoms with Gasteiger partial charge in [0.2, 0.25) is 15.9 Å². The highest BCUT2D eigenvalue weighted by Crippen LogP contribution is 2.25. The first-order valence-corrected chi connectivity index (χ1v) is 9.88. The summed E-state index contributed by atoms with van der Waals surface area (Å²) in [5.41, 5.74) is 1.27. The number of amides is 1. The Morgan fingerprint density at radius 3 is 2.92 bits per heavy atom. The fraction of sp³-hybridized carbons (Fsp3) is 0.412. The first-order chi connectivity index (χ1) is 12.4. The minimum absolute atomic E-state index is 0.0271. The van der Waals surface area contributed by atoms with Crippen LogP contribution in [0.5, 0.6) is 0 Å². The molecule has 1 fully saturated rings. The monoisotopic (exact) mass is 380 g/mol. The summed E-state index contributed by atoms with van der Waals surface area (Å²) in [6.45, 7) is 2.31. The quantitative estimate of drug-likeness (QED) is 0.823. The average molecular weight is 380 g/mol. The number of aryl methyl sites for hydroxylation is 1. The minimum atomic E-state index is -3.88. The van der Waals surface area contributed by atoms with Gasteiger partial charge in [-0.15, -0.1) is 0 Å². The number of nitrogens with zero attached hydrogens (tertiary/aromatic N) is 2. The van der Waals surface area contributed by atoms with Crippen LogP contribution in [-0.4, -0.2) is 49.1 Å². The Balaban J connectivity index is 1.62. The van der Waals surface area contributed by atoms with E-state index >= 15 is 0 Å². The number of H-pyrrole nitrogens is 1. The number of piperidine rings is 1. The molecule has 1 aromatic carbocycles. The normalized spacial score (nSPS) is 18.1. The van der Waals surface area contributed by atoms with Crippen molar-refractivity contribution in [3.05, 3.63) is 47.5 Å². The molecule has 3 rings (SSSR count). The lowest BCUT2D eigenvalue weighted by Gasteiger charge is -2.32. The number of halogens is 1. The first-order valence-electron chi connectivity index (χ1n) is 8.39. The maximum atomic E-state index is 13.2. The van der Waals surface area contributed by atoms with Gasteiger partial charge in [0.05, 0.1) is 11.4 Å². The second-order valence-electron chi connectivity index (χ2n) is 6.43. The lowest BCUT2D eigenvalue weighted by Crippen LogP contribution is -2.44. The number of carbonyl (C=O) groups excluding carboxylic acids is 1. The minimum Gasteiger partial charge on any atom is -0.341 e. The first kappa shape index (κ1) is 18.5. The summed E-state index contributed by atoms with van der Waals surface area (Å²) in [4.78, 5) is 14.1. The van der Waals surface area contributed by atoms with Gasteiger partial charge in [-0.05, 0) is 49.6 Å². The van der Waals surface area contributed by atoms with Crippen LogP contribution in [0, 0.1) is 12.7 Å². The number of carbonyl (C=O) groups is 1. The second kappa shape index (κ2) is 7.55. The van der Waals surface area contributed by atoms with Crippen LogP contribution in [0.1, 0.15) is 30.0 Å². The summed E-state index contributed by atoms with van der Waals surface area (Å²) in [5, 5.41) is 6.86. The fourth-order valence-corrected chi connectivity index (χ4v) is 4.41. The van der Waals surface area contributed by atoms with E-state index in [0.717, 1.165) is 30.7 Å². The molecule has 2 aromatic rings. The molecule has 0 bridgehead atoms. The molecule has 1 aliphatic heterocycles. The lowest BCUT2D eigenvalue weighted by molar-refractivity contribution is -0.131. The Labute approximate surface area is 151 Å². The Hall–Kier alpha value is -2.26. The Kier molecular flexibility index (Phi) is 5.38. The molecule has 2 N–H and O–H groups in total. The van der Waals surface area contributed by atoms with Crippen molar-refractivity contribution in [2.75, 3.05) is 19.6 Å². The van der Waals surface area contributed by atoms with Crippen LogP contribution in [0.15, 0.2) is 35.4 Å². The largest absolute Gasteiger partial charge is 0.341 e. The molecular weight excluding hydrogens is 359 g/mol. The molecule has 1 aliphatic rings. The Morgan fingerprint density at radius 2 is 2.23 bits per heavy atom. The molecule has 26 heavy (non-hydrogen) atoms. The fourth-order valence-electron chi connectivity index (χ4n) is 3.21. The summed E-state index contributed by atoms with van der Waals surface area (Å²) in [6, 6.07) is 5.32. The molecule has 2 heterocycles. The van der Waals surface area contributed by atoms with Crippen molar-refractivity contribution in [1.82, 2.24) is 19.8 Å². The van der Waals surface area contributed by atoms with E-state index in [2.05, 4.69) is 14.9 Å². The SMILES string of the molecule is Cc1cc(F)ccc1S(=O)(=O)NCC(=O)N1CCC[C@H](c2ccn[nH]2)C1. The van der Waals surface area contributed by atoms with Crippen LogP contribution >= 0.6 is 0 Å². The van der Waals surface area contributed by atoms with Gasteiger partial charge < -0.3 is 4.90 Å². The van der Waals surface area contributed by atoms with Gasteiger partial charge in [0, 0.05) is 30.9 Å². The van der Waals surface area contributed by atoms with Crippen molar-refractivity contribution in [3.63, 3.8) is 0 Å². The Morgan fingerprint density at radius 1 is 1.42 bits per heavy atom. The molecule has 0 saturated carbocycles. The molecule has 1 atom stereocenters. The van der Waals surface area contributed by atoms with E-state index in [9.17, 15) is 17.6 Å². The maximum Gasteiger partial charge on any atom is 0.241 e. The number of nitrogens with one attached hydrogen (secondary N) is 2. The van der Waals surface area contributed by atoms with Gasteiger partial charge in [-0.25, -0.2) is 17.5 Å². The van der Waals surface area contributed by atoms with Gasteiger partial charge in [-0.2, -0.15) is 5.10 Å². The molecule has 9 heteroatoms. The van der Waals surface area contributed by atoms with Crippen molar-refractivity contribution in [2.45, 2.75) is 30.6 Å². The number of aromatic nitrogens is 2. The number of hydrogen-bond acceptors (Lipinski definition) is 4. The average Bonchev–Trinajstić information content (AvgIpc) is 3.14. The smallest absolute Gasteiger partial charge is 0.241 e. The topological polar surface area (TPSA) is 95.2 Å². The van der Waals surface area contributed by atoms with Gasteiger partial charge in [0.15, 0.2) is 0 Å². The van der Waals surface area contributed by atoms with Gasteiger partial charge in [0.1, 0.15) is 5.82 Å². The van der Waals surface area contributed by atoms with E-state index in [-0.39, 0.29) is 23.3 Å². The van der Waals surface area contributed by atoms with Crippen LogP contribution in [0.4, 0.5) is 4.39 Å². The van der Waals surface area contributed by atoms with Crippen LogP contribution in [0.3, 0.4) is 0 Å². The summed E-state index contributed by atoms with van der Waals surface area (Å²) >= 11 is 0. The molecular formula is C17H21FN4O3S. The molecule has 1 amide bonds. The van der Waals surface area contributed by atoms with E-state index in [1.165, 1.54) is 13.0 Å². The molecule has 7 nitrogen and oxygen atoms in total. The van der Waals surface area contributed by atoms with E-state index in [1.54, 1.807) is 11.1 Å². The molecule has 0 spiro atoms. The Bertz CT molecular complexity index is 883. The third-order valence-electron chi connectivity index (χ3n) is 4.58. The van der Waals surface area contributed by atoms with E-state index in [0.29, 0.717) is 18.7 Å². The molecule has 0 unspecified atom stereocenters. The molecule has 140 valence electrons. The van der Waals surface area contributed by atoms with Gasteiger partial charge in [0.25, 0.3) is 0 Å². The predicted molar refractivity (Wildman–Crippen MR) is 93.5 cm³/mol. The van der Waals surface area contributed by atoms with E-state index in [4.69, 9.17) is 0 Å². The van der Waals surface area contributed by atoms with Gasteiger partial charge >= 0.3 is 0 Å². The lowest BCUT2D eigenvalue weighted by atomic mass is 9.95. The van der Waals surface area contributed by atoms with E-state index in [1.807, 2.05) is 6.07 Å².